The van der Waals surface area contributed by atoms with Gasteiger partial charge >= 0.3 is 0 Å². The molecule has 0 unspecified atom stereocenters. The monoisotopic (exact) mass is 223 g/mol. The molecular formula is C13H21NO2. The van der Waals surface area contributed by atoms with Crippen molar-refractivity contribution in [2.75, 3.05) is 26.4 Å². The fraction of sp³-hybridized carbons (Fsp3) is 0.538. The summed E-state index contributed by atoms with van der Waals surface area (Å²) in [5, 5.41) is 0. The summed E-state index contributed by atoms with van der Waals surface area (Å²) in [5.41, 5.74) is 6.53. The van der Waals surface area contributed by atoms with Crippen molar-refractivity contribution in [1.29, 1.82) is 0 Å². The Morgan fingerprint density at radius 2 is 1.56 bits per heavy atom. The predicted molar refractivity (Wildman–Crippen MR) is 65.2 cm³/mol. The van der Waals surface area contributed by atoms with Crippen LogP contribution in [0.15, 0.2) is 30.3 Å². The van der Waals surface area contributed by atoms with Crippen LogP contribution < -0.4 is 5.73 Å². The zero-order valence-corrected chi connectivity index (χ0v) is 9.73. The minimum absolute atomic E-state index is 0.602. The number of nitrogens with two attached hydrogens (primary N) is 1. The molecule has 0 aliphatic heterocycles. The lowest BCUT2D eigenvalue weighted by atomic mass is 10.2. The lowest BCUT2D eigenvalue weighted by Crippen LogP contribution is -2.09. The molecule has 1 aromatic rings. The summed E-state index contributed by atoms with van der Waals surface area (Å²) >= 11 is 0. The van der Waals surface area contributed by atoms with Crippen LogP contribution in [-0.2, 0) is 16.1 Å². The van der Waals surface area contributed by atoms with E-state index in [2.05, 4.69) is 12.1 Å². The Balaban J connectivity index is 1.89. The molecule has 0 saturated carbocycles. The molecule has 0 spiro atoms. The van der Waals surface area contributed by atoms with E-state index in [0.717, 1.165) is 26.1 Å². The lowest BCUT2D eigenvalue weighted by molar-refractivity contribution is 0.0978. The van der Waals surface area contributed by atoms with Crippen molar-refractivity contribution in [3.63, 3.8) is 0 Å². The molecule has 16 heavy (non-hydrogen) atoms. The van der Waals surface area contributed by atoms with E-state index in [9.17, 15) is 0 Å². The van der Waals surface area contributed by atoms with Crippen molar-refractivity contribution in [3.8, 4) is 0 Å². The van der Waals surface area contributed by atoms with E-state index in [1.54, 1.807) is 0 Å². The highest BCUT2D eigenvalue weighted by atomic mass is 16.5. The van der Waals surface area contributed by atoms with Crippen molar-refractivity contribution in [2.45, 2.75) is 19.4 Å². The Morgan fingerprint density at radius 1 is 0.875 bits per heavy atom. The second-order valence-corrected chi connectivity index (χ2v) is 3.65. The molecule has 0 bridgehead atoms. The fourth-order valence-electron chi connectivity index (χ4n) is 1.36. The van der Waals surface area contributed by atoms with Crippen LogP contribution in [0.1, 0.15) is 18.4 Å². The second-order valence-electron chi connectivity index (χ2n) is 3.65. The standard InChI is InChI=1S/C13H21NO2/c14-8-11-15-9-4-5-10-16-12-13-6-2-1-3-7-13/h1-3,6-7H,4-5,8-12,14H2. The number of benzene rings is 1. The summed E-state index contributed by atoms with van der Waals surface area (Å²) in [7, 11) is 0. The molecule has 3 nitrogen and oxygen atoms in total. The second kappa shape index (κ2) is 9.33. The van der Waals surface area contributed by atoms with Gasteiger partial charge in [0.05, 0.1) is 13.2 Å². The van der Waals surface area contributed by atoms with Gasteiger partial charge in [0.1, 0.15) is 0 Å². The van der Waals surface area contributed by atoms with Gasteiger partial charge in [0, 0.05) is 19.8 Å². The quantitative estimate of drug-likeness (QED) is 0.651. The molecule has 3 heteroatoms. The first-order valence-electron chi connectivity index (χ1n) is 5.83. The third-order valence-corrected chi connectivity index (χ3v) is 2.20. The van der Waals surface area contributed by atoms with Crippen molar-refractivity contribution in [2.24, 2.45) is 5.73 Å². The highest BCUT2D eigenvalue weighted by Crippen LogP contribution is 2.01. The van der Waals surface area contributed by atoms with Crippen molar-refractivity contribution in [3.05, 3.63) is 35.9 Å². The van der Waals surface area contributed by atoms with Gasteiger partial charge in [-0.15, -0.1) is 0 Å². The third kappa shape index (κ3) is 6.56. The fourth-order valence-corrected chi connectivity index (χ4v) is 1.36. The first-order valence-corrected chi connectivity index (χ1v) is 5.83. The van der Waals surface area contributed by atoms with E-state index in [0.29, 0.717) is 19.8 Å². The minimum atomic E-state index is 0.602. The van der Waals surface area contributed by atoms with Gasteiger partial charge < -0.3 is 15.2 Å². The maximum Gasteiger partial charge on any atom is 0.0716 e. The normalized spacial score (nSPS) is 10.6. The van der Waals surface area contributed by atoms with E-state index in [1.807, 2.05) is 18.2 Å². The highest BCUT2D eigenvalue weighted by molar-refractivity contribution is 5.13. The summed E-state index contributed by atoms with van der Waals surface area (Å²) in [6, 6.07) is 10.2. The first kappa shape index (κ1) is 13.2. The molecule has 0 fully saturated rings. The number of ether oxygens (including phenoxy) is 2. The third-order valence-electron chi connectivity index (χ3n) is 2.20. The maximum absolute atomic E-state index is 5.55. The molecule has 0 heterocycles. The Kier molecular flexibility index (Phi) is 7.68. The average Bonchev–Trinajstić information content (AvgIpc) is 2.34. The molecule has 0 saturated heterocycles. The topological polar surface area (TPSA) is 44.5 Å². The lowest BCUT2D eigenvalue weighted by Gasteiger charge is -2.04. The molecule has 1 rings (SSSR count). The van der Waals surface area contributed by atoms with E-state index in [4.69, 9.17) is 15.2 Å². The summed E-state index contributed by atoms with van der Waals surface area (Å²) in [6.45, 7) is 3.53. The van der Waals surface area contributed by atoms with Crippen LogP contribution in [0.5, 0.6) is 0 Å². The smallest absolute Gasteiger partial charge is 0.0716 e. The van der Waals surface area contributed by atoms with Crippen LogP contribution in [0.25, 0.3) is 0 Å². The molecule has 0 amide bonds. The van der Waals surface area contributed by atoms with Gasteiger partial charge in [-0.2, -0.15) is 0 Å². The molecule has 0 aliphatic rings. The predicted octanol–water partition coefficient (Wildman–Crippen LogP) is 1.96. The van der Waals surface area contributed by atoms with Gasteiger partial charge in [-0.1, -0.05) is 30.3 Å². The minimum Gasteiger partial charge on any atom is -0.380 e. The molecule has 1 aromatic carbocycles. The van der Waals surface area contributed by atoms with Crippen LogP contribution in [-0.4, -0.2) is 26.4 Å². The molecule has 0 aliphatic carbocycles. The number of hydrogen-bond acceptors (Lipinski definition) is 3. The Hall–Kier alpha value is -0.900. The average molecular weight is 223 g/mol. The van der Waals surface area contributed by atoms with Crippen molar-refractivity contribution < 1.29 is 9.47 Å². The SMILES string of the molecule is NCCOCCCCOCc1ccccc1. The molecule has 90 valence electrons. The van der Waals surface area contributed by atoms with Crippen LogP contribution in [0.2, 0.25) is 0 Å². The van der Waals surface area contributed by atoms with Gasteiger partial charge in [-0.05, 0) is 18.4 Å². The van der Waals surface area contributed by atoms with E-state index in [-0.39, 0.29) is 0 Å². The highest BCUT2D eigenvalue weighted by Gasteiger charge is 1.92. The van der Waals surface area contributed by atoms with Crippen LogP contribution in [0, 0.1) is 0 Å². The molecule has 0 aromatic heterocycles. The Morgan fingerprint density at radius 3 is 2.25 bits per heavy atom. The summed E-state index contributed by atoms with van der Waals surface area (Å²) in [6.07, 6.45) is 2.08. The van der Waals surface area contributed by atoms with Crippen LogP contribution >= 0.6 is 0 Å². The zero-order valence-electron chi connectivity index (χ0n) is 9.73. The molecule has 2 N–H and O–H groups in total. The van der Waals surface area contributed by atoms with Crippen LogP contribution in [0.4, 0.5) is 0 Å². The van der Waals surface area contributed by atoms with Gasteiger partial charge in [0.2, 0.25) is 0 Å². The number of unbranched alkanes of at least 4 members (excludes halogenated alkanes) is 1. The van der Waals surface area contributed by atoms with Crippen molar-refractivity contribution >= 4 is 0 Å². The first-order chi connectivity index (χ1) is 7.93. The Bertz CT molecular complexity index is 251. The largest absolute Gasteiger partial charge is 0.380 e. The number of rotatable bonds is 9. The number of hydrogen-bond donors (Lipinski definition) is 1. The Labute approximate surface area is 97.6 Å². The molecule has 0 atom stereocenters. The summed E-state index contributed by atoms with van der Waals surface area (Å²) in [4.78, 5) is 0. The molecular weight excluding hydrogens is 202 g/mol. The van der Waals surface area contributed by atoms with Gasteiger partial charge in [0.25, 0.3) is 0 Å². The van der Waals surface area contributed by atoms with Gasteiger partial charge in [0.15, 0.2) is 0 Å². The molecule has 0 radical (unpaired) electrons. The van der Waals surface area contributed by atoms with E-state index < -0.39 is 0 Å². The summed E-state index contributed by atoms with van der Waals surface area (Å²) < 4.78 is 10.8. The van der Waals surface area contributed by atoms with Crippen molar-refractivity contribution in [1.82, 2.24) is 0 Å². The van der Waals surface area contributed by atoms with E-state index >= 15 is 0 Å². The zero-order chi connectivity index (χ0) is 11.5. The van der Waals surface area contributed by atoms with E-state index in [1.165, 1.54) is 5.56 Å². The maximum atomic E-state index is 5.55. The van der Waals surface area contributed by atoms with Crippen LogP contribution in [0.3, 0.4) is 0 Å². The summed E-state index contributed by atoms with van der Waals surface area (Å²) in [5.74, 6) is 0. The van der Waals surface area contributed by atoms with Gasteiger partial charge in [-0.3, -0.25) is 0 Å². The van der Waals surface area contributed by atoms with Gasteiger partial charge in [-0.25, -0.2) is 0 Å².